The Morgan fingerprint density at radius 3 is 2.18 bits per heavy atom. The van der Waals surface area contributed by atoms with Crippen LogP contribution in [0, 0.1) is 0 Å². The highest BCUT2D eigenvalue weighted by Crippen LogP contribution is 2.22. The summed E-state index contributed by atoms with van der Waals surface area (Å²) in [6.07, 6.45) is 10.2. The van der Waals surface area contributed by atoms with Crippen LogP contribution < -0.4 is 10.0 Å². The molecule has 33 heavy (non-hydrogen) atoms. The molecule has 0 spiro atoms. The van der Waals surface area contributed by atoms with Crippen LogP contribution in [0.5, 0.6) is 0 Å². The van der Waals surface area contributed by atoms with Gasteiger partial charge in [0.25, 0.3) is 0 Å². The lowest BCUT2D eigenvalue weighted by atomic mass is 10.1. The molecule has 7 heteroatoms. The van der Waals surface area contributed by atoms with Gasteiger partial charge in [0.15, 0.2) is 0 Å². The summed E-state index contributed by atoms with van der Waals surface area (Å²) in [5.74, 6) is -0.184. The van der Waals surface area contributed by atoms with Crippen molar-refractivity contribution in [3.63, 3.8) is 0 Å². The van der Waals surface area contributed by atoms with E-state index >= 15 is 0 Å². The summed E-state index contributed by atoms with van der Waals surface area (Å²) in [5, 5.41) is 2.90. The minimum atomic E-state index is -3.45. The molecule has 2 aromatic carbocycles. The minimum Gasteiger partial charge on any atom is -0.348 e. The number of likely N-dealkylation sites (tertiary alicyclic amines) is 1. The maximum atomic E-state index is 12.2. The minimum absolute atomic E-state index is 0.0775. The van der Waals surface area contributed by atoms with Crippen molar-refractivity contribution in [1.82, 2.24) is 14.9 Å². The largest absolute Gasteiger partial charge is 0.348 e. The molecule has 1 amide bonds. The lowest BCUT2D eigenvalue weighted by Crippen LogP contribution is -2.25. The normalized spacial score (nSPS) is 17.7. The Morgan fingerprint density at radius 1 is 0.909 bits per heavy atom. The number of sulfonamides is 1. The number of hydrogen-bond donors (Lipinski definition) is 2. The van der Waals surface area contributed by atoms with Crippen molar-refractivity contribution in [3.05, 3.63) is 71.3 Å². The first kappa shape index (κ1) is 23.7. The first-order chi connectivity index (χ1) is 16.0. The molecule has 0 unspecified atom stereocenters. The molecule has 0 radical (unpaired) electrons. The molecule has 1 heterocycles. The van der Waals surface area contributed by atoms with Crippen LogP contribution in [0.15, 0.2) is 59.5 Å². The van der Waals surface area contributed by atoms with Gasteiger partial charge in [-0.25, -0.2) is 13.1 Å². The van der Waals surface area contributed by atoms with Crippen LogP contribution in [-0.4, -0.2) is 38.4 Å². The van der Waals surface area contributed by atoms with Crippen molar-refractivity contribution in [2.45, 2.75) is 62.6 Å². The molecular formula is C26H33N3O3S. The van der Waals surface area contributed by atoms with Crippen molar-refractivity contribution < 1.29 is 13.2 Å². The second-order valence-electron chi connectivity index (χ2n) is 9.02. The molecule has 0 bridgehead atoms. The maximum Gasteiger partial charge on any atom is 0.244 e. The Hall–Kier alpha value is -2.48. The van der Waals surface area contributed by atoms with Crippen molar-refractivity contribution in [3.8, 4) is 0 Å². The van der Waals surface area contributed by atoms with Crippen molar-refractivity contribution in [2.75, 3.05) is 13.1 Å². The smallest absolute Gasteiger partial charge is 0.244 e. The number of nitrogens with one attached hydrogen (secondary N) is 2. The lowest BCUT2D eigenvalue weighted by molar-refractivity contribution is -0.116. The molecule has 176 valence electrons. The van der Waals surface area contributed by atoms with Gasteiger partial charge in [-0.1, -0.05) is 49.2 Å². The summed E-state index contributed by atoms with van der Waals surface area (Å²) in [7, 11) is -3.45. The molecule has 1 saturated heterocycles. The van der Waals surface area contributed by atoms with Crippen LogP contribution in [0.2, 0.25) is 0 Å². The van der Waals surface area contributed by atoms with E-state index in [9.17, 15) is 13.2 Å². The molecule has 2 fully saturated rings. The van der Waals surface area contributed by atoms with E-state index in [1.54, 1.807) is 30.3 Å². The Morgan fingerprint density at radius 2 is 1.55 bits per heavy atom. The zero-order chi connectivity index (χ0) is 23.1. The van der Waals surface area contributed by atoms with Gasteiger partial charge in [0.2, 0.25) is 15.9 Å². The van der Waals surface area contributed by atoms with Crippen molar-refractivity contribution in [1.29, 1.82) is 0 Å². The van der Waals surface area contributed by atoms with Gasteiger partial charge in [-0.15, -0.1) is 0 Å². The molecule has 1 aliphatic carbocycles. The van der Waals surface area contributed by atoms with E-state index in [1.807, 2.05) is 0 Å². The predicted molar refractivity (Wildman–Crippen MR) is 131 cm³/mol. The van der Waals surface area contributed by atoms with E-state index in [2.05, 4.69) is 39.2 Å². The third-order valence-electron chi connectivity index (χ3n) is 6.11. The second kappa shape index (κ2) is 11.1. The zero-order valence-corrected chi connectivity index (χ0v) is 19.8. The van der Waals surface area contributed by atoms with E-state index < -0.39 is 10.0 Å². The molecule has 1 aliphatic heterocycles. The molecule has 0 aromatic heterocycles. The summed E-state index contributed by atoms with van der Waals surface area (Å²) in [4.78, 5) is 15.0. The molecular weight excluding hydrogens is 434 g/mol. The Bertz CT molecular complexity index is 1050. The summed E-state index contributed by atoms with van der Waals surface area (Å²) < 4.78 is 27.1. The highest BCUT2D eigenvalue weighted by atomic mass is 32.2. The molecule has 2 N–H and O–H groups in total. The number of amides is 1. The number of benzene rings is 2. The Balaban J connectivity index is 1.23. The fourth-order valence-electron chi connectivity index (χ4n) is 3.98. The van der Waals surface area contributed by atoms with E-state index in [4.69, 9.17) is 0 Å². The number of hydrogen-bond acceptors (Lipinski definition) is 4. The lowest BCUT2D eigenvalue weighted by Gasteiger charge is -2.19. The van der Waals surface area contributed by atoms with E-state index in [0.717, 1.165) is 30.5 Å². The molecule has 2 aromatic rings. The molecule has 1 saturated carbocycles. The highest BCUT2D eigenvalue weighted by molar-refractivity contribution is 7.89. The zero-order valence-electron chi connectivity index (χ0n) is 19.0. The average molecular weight is 468 g/mol. The fraction of sp³-hybridized carbons (Fsp3) is 0.423. The van der Waals surface area contributed by atoms with Crippen molar-refractivity contribution >= 4 is 22.0 Å². The Kier molecular flexibility index (Phi) is 7.96. The van der Waals surface area contributed by atoms with E-state index in [1.165, 1.54) is 50.4 Å². The van der Waals surface area contributed by atoms with E-state index in [0.29, 0.717) is 6.54 Å². The van der Waals surface area contributed by atoms with E-state index in [-0.39, 0.29) is 16.8 Å². The van der Waals surface area contributed by atoms with Gasteiger partial charge >= 0.3 is 0 Å². The van der Waals surface area contributed by atoms with Gasteiger partial charge in [0, 0.05) is 25.2 Å². The first-order valence-corrected chi connectivity index (χ1v) is 13.3. The number of carbonyl (C=O) groups excluding carboxylic acids is 1. The summed E-state index contributed by atoms with van der Waals surface area (Å²) in [5.41, 5.74) is 3.15. The maximum absolute atomic E-state index is 12.2. The SMILES string of the molecule is O=C(/C=C/c1ccc(S(=O)(=O)NC2CC2)cc1)NCc1ccc(CN2CCCCCC2)cc1. The number of nitrogens with zero attached hydrogens (tertiary/aromatic N) is 1. The fourth-order valence-corrected chi connectivity index (χ4v) is 5.29. The summed E-state index contributed by atoms with van der Waals surface area (Å²) in [6.45, 7) is 3.82. The third kappa shape index (κ3) is 7.52. The second-order valence-corrected chi connectivity index (χ2v) is 10.7. The number of rotatable bonds is 9. The molecule has 0 atom stereocenters. The van der Waals surface area contributed by atoms with Crippen molar-refractivity contribution in [2.24, 2.45) is 0 Å². The Labute approximate surface area is 197 Å². The number of carbonyl (C=O) groups is 1. The molecule has 4 rings (SSSR count). The quantitative estimate of drug-likeness (QED) is 0.550. The third-order valence-corrected chi connectivity index (χ3v) is 7.65. The van der Waals surface area contributed by atoms with Gasteiger partial charge < -0.3 is 5.32 Å². The monoisotopic (exact) mass is 467 g/mol. The standard InChI is InChI=1S/C26H33N3O3S/c30-26(16-11-21-9-14-25(15-10-21)33(31,32)28-24-12-13-24)27-19-22-5-7-23(8-6-22)20-29-17-3-1-2-4-18-29/h5-11,14-16,24,28H,1-4,12-13,17-20H2,(H,27,30)/b16-11+. The predicted octanol–water partition coefficient (Wildman–Crippen LogP) is 3.83. The van der Waals surface area contributed by atoms with Crippen LogP contribution in [0.4, 0.5) is 0 Å². The first-order valence-electron chi connectivity index (χ1n) is 11.9. The van der Waals surface area contributed by atoms with Crippen LogP contribution >= 0.6 is 0 Å². The van der Waals surface area contributed by atoms with Gasteiger partial charge in [0.1, 0.15) is 0 Å². The molecule has 6 nitrogen and oxygen atoms in total. The van der Waals surface area contributed by atoms with Crippen LogP contribution in [0.3, 0.4) is 0 Å². The van der Waals surface area contributed by atoms with Gasteiger partial charge in [-0.05, 0) is 73.7 Å². The summed E-state index contributed by atoms with van der Waals surface area (Å²) in [6, 6.07) is 15.1. The van der Waals surface area contributed by atoms with Crippen LogP contribution in [0.25, 0.3) is 6.08 Å². The highest BCUT2D eigenvalue weighted by Gasteiger charge is 2.27. The molecule has 2 aliphatic rings. The topological polar surface area (TPSA) is 78.5 Å². The average Bonchev–Trinajstić information content (AvgIpc) is 3.65. The van der Waals surface area contributed by atoms with Gasteiger partial charge in [-0.3, -0.25) is 9.69 Å². The van der Waals surface area contributed by atoms with Crippen LogP contribution in [0.1, 0.15) is 55.2 Å². The van der Waals surface area contributed by atoms with Gasteiger partial charge in [0.05, 0.1) is 4.90 Å². The van der Waals surface area contributed by atoms with Crippen LogP contribution in [-0.2, 0) is 27.9 Å². The van der Waals surface area contributed by atoms with Gasteiger partial charge in [-0.2, -0.15) is 0 Å². The summed E-state index contributed by atoms with van der Waals surface area (Å²) >= 11 is 0.